The Morgan fingerprint density at radius 1 is 1.18 bits per heavy atom. The molecule has 2 aromatic rings. The number of aliphatic hydroxyl groups is 3. The Balaban J connectivity index is 1.85. The van der Waals surface area contributed by atoms with E-state index in [2.05, 4.69) is 9.97 Å². The highest BCUT2D eigenvalue weighted by atomic mass is 16.3. The SMILES string of the molecule is Nc1ncnc2c1ccn2[C@@H]1C2=CC[C@@H](O)C[C@@H]2[C@@H](O)[C@H]1O. The minimum Gasteiger partial charge on any atom is -0.393 e. The Morgan fingerprint density at radius 2 is 2.00 bits per heavy atom. The molecule has 0 saturated heterocycles. The zero-order valence-corrected chi connectivity index (χ0v) is 11.9. The number of hydrogen-bond donors (Lipinski definition) is 4. The Morgan fingerprint density at radius 3 is 2.82 bits per heavy atom. The smallest absolute Gasteiger partial charge is 0.146 e. The van der Waals surface area contributed by atoms with Gasteiger partial charge >= 0.3 is 0 Å². The third-order valence-corrected chi connectivity index (χ3v) is 4.85. The fraction of sp³-hybridized carbons (Fsp3) is 0.467. The molecule has 1 saturated carbocycles. The number of nitrogens with zero attached hydrogens (tertiary/aromatic N) is 3. The summed E-state index contributed by atoms with van der Waals surface area (Å²) in [6.45, 7) is 0. The van der Waals surface area contributed by atoms with Crippen LogP contribution in [0.1, 0.15) is 18.9 Å². The molecular formula is C15H18N4O3. The summed E-state index contributed by atoms with van der Waals surface area (Å²) in [6.07, 6.45) is 3.85. The second kappa shape index (κ2) is 4.77. The van der Waals surface area contributed by atoms with E-state index < -0.39 is 18.3 Å². The van der Waals surface area contributed by atoms with E-state index in [1.807, 2.05) is 22.9 Å². The highest BCUT2D eigenvalue weighted by Gasteiger charge is 2.48. The molecule has 0 bridgehead atoms. The third kappa shape index (κ3) is 1.79. The Labute approximate surface area is 126 Å². The summed E-state index contributed by atoms with van der Waals surface area (Å²) in [7, 11) is 0. The molecule has 0 aromatic carbocycles. The van der Waals surface area contributed by atoms with Crippen LogP contribution in [0, 0.1) is 5.92 Å². The van der Waals surface area contributed by atoms with Gasteiger partial charge in [-0.15, -0.1) is 0 Å². The molecule has 0 radical (unpaired) electrons. The van der Waals surface area contributed by atoms with Gasteiger partial charge in [-0.1, -0.05) is 6.08 Å². The number of anilines is 1. The van der Waals surface area contributed by atoms with Gasteiger partial charge in [-0.25, -0.2) is 9.97 Å². The average Bonchev–Trinajstić information content (AvgIpc) is 3.02. The van der Waals surface area contributed by atoms with E-state index in [9.17, 15) is 15.3 Å². The molecule has 2 aliphatic carbocycles. The van der Waals surface area contributed by atoms with Gasteiger partial charge in [0.2, 0.25) is 0 Å². The Bertz CT molecular complexity index is 756. The van der Waals surface area contributed by atoms with E-state index in [0.717, 1.165) is 11.0 Å². The van der Waals surface area contributed by atoms with Crippen molar-refractivity contribution in [3.05, 3.63) is 30.2 Å². The number of hydrogen-bond acceptors (Lipinski definition) is 6. The lowest BCUT2D eigenvalue weighted by Gasteiger charge is -2.25. The van der Waals surface area contributed by atoms with Gasteiger partial charge < -0.3 is 25.6 Å². The van der Waals surface area contributed by atoms with Crippen LogP contribution in [0.25, 0.3) is 11.0 Å². The number of aromatic nitrogens is 3. The number of rotatable bonds is 1. The van der Waals surface area contributed by atoms with Crippen LogP contribution in [0.5, 0.6) is 0 Å². The predicted molar refractivity (Wildman–Crippen MR) is 79.8 cm³/mol. The maximum Gasteiger partial charge on any atom is 0.146 e. The summed E-state index contributed by atoms with van der Waals surface area (Å²) in [5.41, 5.74) is 7.45. The van der Waals surface area contributed by atoms with Crippen molar-refractivity contribution in [2.75, 3.05) is 5.73 Å². The molecular weight excluding hydrogens is 284 g/mol. The standard InChI is InChI=1S/C15H18N4O3/c16-14-9-3-4-19(15(9)18-6-17-14)11-8-2-1-7(20)5-10(8)12(21)13(11)22/h2-4,6-7,10-13,20-22H,1,5H2,(H2,16,17,18)/t7-,10+,11-,12-,13+/m1/s1. The van der Waals surface area contributed by atoms with Gasteiger partial charge in [0.15, 0.2) is 0 Å². The van der Waals surface area contributed by atoms with Gasteiger partial charge in [0.1, 0.15) is 23.9 Å². The summed E-state index contributed by atoms with van der Waals surface area (Å²) < 4.78 is 1.84. The monoisotopic (exact) mass is 302 g/mol. The molecule has 0 unspecified atom stereocenters. The molecule has 4 rings (SSSR count). The molecule has 5 atom stereocenters. The molecule has 7 heteroatoms. The van der Waals surface area contributed by atoms with Crippen molar-refractivity contribution in [3.8, 4) is 0 Å². The average molecular weight is 302 g/mol. The van der Waals surface area contributed by atoms with Crippen LogP contribution >= 0.6 is 0 Å². The highest BCUT2D eigenvalue weighted by molar-refractivity contribution is 5.86. The lowest BCUT2D eigenvalue weighted by Crippen LogP contribution is -2.30. The molecule has 2 aliphatic rings. The number of fused-ring (bicyclic) bond motifs is 2. The maximum absolute atomic E-state index is 10.5. The quantitative estimate of drug-likeness (QED) is 0.550. The third-order valence-electron chi connectivity index (χ3n) is 4.85. The second-order valence-electron chi connectivity index (χ2n) is 6.08. The van der Waals surface area contributed by atoms with Crippen LogP contribution in [-0.4, -0.2) is 48.2 Å². The minimum atomic E-state index is -0.937. The van der Waals surface area contributed by atoms with E-state index in [1.54, 1.807) is 0 Å². The fourth-order valence-electron chi connectivity index (χ4n) is 3.79. The number of nitrogen functional groups attached to an aromatic ring is 1. The summed E-state index contributed by atoms with van der Waals surface area (Å²) in [5.74, 6) is 0.168. The molecule has 0 amide bonds. The Kier molecular flexibility index (Phi) is 2.97. The Hall–Kier alpha value is -1.96. The topological polar surface area (TPSA) is 117 Å². The zero-order chi connectivity index (χ0) is 15.4. The summed E-state index contributed by atoms with van der Waals surface area (Å²) in [5, 5.41) is 31.4. The van der Waals surface area contributed by atoms with Crippen LogP contribution in [0.2, 0.25) is 0 Å². The molecule has 0 spiro atoms. The van der Waals surface area contributed by atoms with Crippen LogP contribution in [-0.2, 0) is 0 Å². The van der Waals surface area contributed by atoms with Crippen molar-refractivity contribution in [3.63, 3.8) is 0 Å². The predicted octanol–water partition coefficient (Wildman–Crippen LogP) is -0.0127. The van der Waals surface area contributed by atoms with Gasteiger partial charge in [0, 0.05) is 12.1 Å². The molecule has 2 heterocycles. The largest absolute Gasteiger partial charge is 0.393 e. The lowest BCUT2D eigenvalue weighted by molar-refractivity contribution is -0.00301. The molecule has 22 heavy (non-hydrogen) atoms. The number of aliphatic hydroxyl groups excluding tert-OH is 3. The van der Waals surface area contributed by atoms with E-state index in [0.29, 0.717) is 24.3 Å². The second-order valence-corrected chi connectivity index (χ2v) is 6.08. The minimum absolute atomic E-state index is 0.222. The number of nitrogens with two attached hydrogens (primary N) is 1. The van der Waals surface area contributed by atoms with Crippen molar-refractivity contribution in [2.24, 2.45) is 5.92 Å². The van der Waals surface area contributed by atoms with E-state index >= 15 is 0 Å². The van der Waals surface area contributed by atoms with Crippen LogP contribution in [0.3, 0.4) is 0 Å². The van der Waals surface area contributed by atoms with Crippen LogP contribution in [0.15, 0.2) is 30.2 Å². The van der Waals surface area contributed by atoms with Gasteiger partial charge in [0.25, 0.3) is 0 Å². The highest BCUT2D eigenvalue weighted by Crippen LogP contribution is 2.46. The van der Waals surface area contributed by atoms with Gasteiger partial charge in [-0.2, -0.15) is 0 Å². The van der Waals surface area contributed by atoms with Gasteiger partial charge in [0.05, 0.1) is 23.6 Å². The fourth-order valence-corrected chi connectivity index (χ4v) is 3.79. The molecule has 5 N–H and O–H groups in total. The summed E-state index contributed by atoms with van der Waals surface area (Å²) in [6, 6.07) is 1.43. The van der Waals surface area contributed by atoms with Gasteiger partial charge in [-0.05, 0) is 24.5 Å². The molecule has 1 fully saturated rings. The first-order chi connectivity index (χ1) is 10.6. The van der Waals surface area contributed by atoms with Gasteiger partial charge in [-0.3, -0.25) is 0 Å². The van der Waals surface area contributed by atoms with Crippen molar-refractivity contribution in [1.29, 1.82) is 0 Å². The van der Waals surface area contributed by atoms with Crippen molar-refractivity contribution in [2.45, 2.75) is 37.2 Å². The normalized spacial score (nSPS) is 34.7. The summed E-state index contributed by atoms with van der Waals surface area (Å²) in [4.78, 5) is 8.23. The first-order valence-corrected chi connectivity index (χ1v) is 7.39. The van der Waals surface area contributed by atoms with Crippen LogP contribution in [0.4, 0.5) is 5.82 Å². The maximum atomic E-state index is 10.5. The first kappa shape index (κ1) is 13.7. The van der Waals surface area contributed by atoms with E-state index in [-0.39, 0.29) is 12.0 Å². The first-order valence-electron chi connectivity index (χ1n) is 7.39. The molecule has 116 valence electrons. The van der Waals surface area contributed by atoms with Crippen molar-refractivity contribution < 1.29 is 15.3 Å². The van der Waals surface area contributed by atoms with Crippen molar-refractivity contribution in [1.82, 2.24) is 14.5 Å². The van der Waals surface area contributed by atoms with E-state index in [1.165, 1.54) is 6.33 Å². The molecule has 2 aromatic heterocycles. The summed E-state index contributed by atoms with van der Waals surface area (Å²) >= 11 is 0. The van der Waals surface area contributed by atoms with Crippen LogP contribution < -0.4 is 5.73 Å². The van der Waals surface area contributed by atoms with E-state index in [4.69, 9.17) is 5.73 Å². The van der Waals surface area contributed by atoms with Crippen molar-refractivity contribution >= 4 is 16.9 Å². The lowest BCUT2D eigenvalue weighted by atomic mass is 9.86. The molecule has 0 aliphatic heterocycles. The molecule has 7 nitrogen and oxygen atoms in total. The zero-order valence-electron chi connectivity index (χ0n) is 11.9.